The molecular formula is C21H20N2O4. The Morgan fingerprint density at radius 1 is 1.30 bits per heavy atom. The standard InChI is InChI=1S/C21H20N2O4/c1-3-6-14-7-4-5-8-17(14)19-13-18(21(24)27-2)20(22-19)15-9-11-16(12-10-15)23(25)26/h3-5,7-12,18,20H,1,6,13H2,2H3. The number of nitrogens with zero attached hydrogens (tertiary/aromatic N) is 2. The van der Waals surface area contributed by atoms with Crippen molar-refractivity contribution >= 4 is 17.4 Å². The first-order chi connectivity index (χ1) is 13.0. The highest BCUT2D eigenvalue weighted by Crippen LogP contribution is 2.38. The summed E-state index contributed by atoms with van der Waals surface area (Å²) in [6, 6.07) is 13.7. The predicted octanol–water partition coefficient (Wildman–Crippen LogP) is 4.05. The van der Waals surface area contributed by atoms with E-state index < -0.39 is 16.9 Å². The molecule has 6 nitrogen and oxygen atoms in total. The van der Waals surface area contributed by atoms with Crippen LogP contribution in [0.3, 0.4) is 0 Å². The minimum Gasteiger partial charge on any atom is -0.469 e. The zero-order valence-corrected chi connectivity index (χ0v) is 15.0. The Balaban J connectivity index is 2.00. The molecule has 3 rings (SSSR count). The average molecular weight is 364 g/mol. The number of hydrogen-bond donors (Lipinski definition) is 0. The minimum atomic E-state index is -0.455. The lowest BCUT2D eigenvalue weighted by molar-refractivity contribution is -0.384. The molecule has 2 aromatic carbocycles. The molecule has 0 aromatic heterocycles. The lowest BCUT2D eigenvalue weighted by Gasteiger charge is -2.15. The molecule has 6 heteroatoms. The van der Waals surface area contributed by atoms with E-state index in [1.165, 1.54) is 19.2 Å². The maximum atomic E-state index is 12.3. The van der Waals surface area contributed by atoms with Crippen LogP contribution in [-0.2, 0) is 16.0 Å². The molecule has 1 aliphatic rings. The molecule has 1 aliphatic heterocycles. The lowest BCUT2D eigenvalue weighted by Crippen LogP contribution is -2.20. The molecule has 138 valence electrons. The summed E-state index contributed by atoms with van der Waals surface area (Å²) in [7, 11) is 1.36. The molecule has 0 radical (unpaired) electrons. The van der Waals surface area contributed by atoms with Crippen molar-refractivity contribution in [2.45, 2.75) is 18.9 Å². The van der Waals surface area contributed by atoms with Crippen LogP contribution in [0.15, 0.2) is 66.2 Å². The second-order valence-electron chi connectivity index (χ2n) is 6.35. The summed E-state index contributed by atoms with van der Waals surface area (Å²) in [5.41, 5.74) is 3.69. The van der Waals surface area contributed by atoms with E-state index in [1.54, 1.807) is 12.1 Å². The van der Waals surface area contributed by atoms with Crippen LogP contribution in [0.5, 0.6) is 0 Å². The highest BCUT2D eigenvalue weighted by molar-refractivity contribution is 6.05. The number of hydrogen-bond acceptors (Lipinski definition) is 5. The number of benzene rings is 2. The van der Waals surface area contributed by atoms with Gasteiger partial charge in [-0.2, -0.15) is 0 Å². The largest absolute Gasteiger partial charge is 0.469 e. The van der Waals surface area contributed by atoms with E-state index >= 15 is 0 Å². The van der Waals surface area contributed by atoms with Gasteiger partial charge in [-0.15, -0.1) is 6.58 Å². The average Bonchev–Trinajstić information content (AvgIpc) is 3.13. The van der Waals surface area contributed by atoms with E-state index in [0.29, 0.717) is 12.8 Å². The van der Waals surface area contributed by atoms with Crippen molar-refractivity contribution in [2.75, 3.05) is 7.11 Å². The molecule has 2 aromatic rings. The molecule has 0 N–H and O–H groups in total. The Morgan fingerprint density at radius 2 is 2.00 bits per heavy atom. The number of allylic oxidation sites excluding steroid dienone is 1. The zero-order valence-electron chi connectivity index (χ0n) is 15.0. The first-order valence-corrected chi connectivity index (χ1v) is 8.63. The highest BCUT2D eigenvalue weighted by Gasteiger charge is 2.37. The van der Waals surface area contributed by atoms with Crippen molar-refractivity contribution in [3.8, 4) is 0 Å². The first-order valence-electron chi connectivity index (χ1n) is 8.63. The van der Waals surface area contributed by atoms with Gasteiger partial charge in [-0.05, 0) is 23.1 Å². The number of nitro benzene ring substituents is 1. The number of methoxy groups -OCH3 is 1. The van der Waals surface area contributed by atoms with Crippen LogP contribution in [0, 0.1) is 16.0 Å². The number of aliphatic imine (C=N–C) groups is 1. The molecule has 0 saturated heterocycles. The van der Waals surface area contributed by atoms with E-state index in [0.717, 1.165) is 22.4 Å². The normalized spacial score (nSPS) is 18.6. The summed E-state index contributed by atoms with van der Waals surface area (Å²) in [5, 5.41) is 10.9. The number of carbonyl (C=O) groups is 1. The number of nitro groups is 1. The van der Waals surface area contributed by atoms with Gasteiger partial charge in [0.25, 0.3) is 5.69 Å². The van der Waals surface area contributed by atoms with Crippen LogP contribution in [0.25, 0.3) is 0 Å². The van der Waals surface area contributed by atoms with Crippen molar-refractivity contribution in [1.82, 2.24) is 0 Å². The topological polar surface area (TPSA) is 81.8 Å². The van der Waals surface area contributed by atoms with Crippen LogP contribution in [0.4, 0.5) is 5.69 Å². The smallest absolute Gasteiger partial charge is 0.311 e. The molecule has 0 amide bonds. The van der Waals surface area contributed by atoms with Gasteiger partial charge in [-0.25, -0.2) is 0 Å². The maximum absolute atomic E-state index is 12.3. The van der Waals surface area contributed by atoms with Crippen molar-refractivity contribution in [3.05, 3.63) is 88.0 Å². The molecule has 0 saturated carbocycles. The molecular weight excluding hydrogens is 344 g/mol. The van der Waals surface area contributed by atoms with Crippen LogP contribution >= 0.6 is 0 Å². The van der Waals surface area contributed by atoms with E-state index in [9.17, 15) is 14.9 Å². The quantitative estimate of drug-likeness (QED) is 0.335. The second-order valence-corrected chi connectivity index (χ2v) is 6.35. The maximum Gasteiger partial charge on any atom is 0.311 e. The van der Waals surface area contributed by atoms with Gasteiger partial charge in [0.05, 0.1) is 24.0 Å². The van der Waals surface area contributed by atoms with Gasteiger partial charge in [0.1, 0.15) is 0 Å². The molecule has 0 spiro atoms. The third-order valence-corrected chi connectivity index (χ3v) is 4.73. The van der Waals surface area contributed by atoms with Crippen molar-refractivity contribution in [1.29, 1.82) is 0 Å². The number of rotatable bonds is 6. The van der Waals surface area contributed by atoms with Crippen LogP contribution < -0.4 is 0 Å². The fourth-order valence-corrected chi connectivity index (χ4v) is 3.41. The molecule has 1 heterocycles. The van der Waals surface area contributed by atoms with Crippen molar-refractivity contribution in [3.63, 3.8) is 0 Å². The molecule has 2 atom stereocenters. The predicted molar refractivity (Wildman–Crippen MR) is 103 cm³/mol. The van der Waals surface area contributed by atoms with Crippen LogP contribution in [0.1, 0.15) is 29.2 Å². The van der Waals surface area contributed by atoms with Gasteiger partial charge < -0.3 is 4.74 Å². The fraction of sp³-hybridized carbons (Fsp3) is 0.238. The Bertz CT molecular complexity index is 903. The summed E-state index contributed by atoms with van der Waals surface area (Å²) in [6.07, 6.45) is 3.00. The van der Waals surface area contributed by atoms with Gasteiger partial charge in [0.15, 0.2) is 0 Å². The molecule has 0 aliphatic carbocycles. The van der Waals surface area contributed by atoms with E-state index in [-0.39, 0.29) is 11.7 Å². The van der Waals surface area contributed by atoms with Gasteiger partial charge in [0.2, 0.25) is 0 Å². The van der Waals surface area contributed by atoms with E-state index in [2.05, 4.69) is 6.58 Å². The number of non-ortho nitro benzene ring substituents is 1. The molecule has 0 bridgehead atoms. The van der Waals surface area contributed by atoms with Crippen molar-refractivity contribution in [2.24, 2.45) is 10.9 Å². The number of ether oxygens (including phenoxy) is 1. The Morgan fingerprint density at radius 3 is 2.63 bits per heavy atom. The summed E-state index contributed by atoms with van der Waals surface area (Å²) in [5.74, 6) is -0.790. The van der Waals surface area contributed by atoms with E-state index in [1.807, 2.05) is 30.3 Å². The second kappa shape index (κ2) is 7.95. The number of carbonyl (C=O) groups excluding carboxylic acids is 1. The van der Waals surface area contributed by atoms with Crippen LogP contribution in [0.2, 0.25) is 0 Å². The van der Waals surface area contributed by atoms with Gasteiger partial charge in [-0.1, -0.05) is 42.5 Å². The van der Waals surface area contributed by atoms with Gasteiger partial charge in [-0.3, -0.25) is 19.9 Å². The summed E-state index contributed by atoms with van der Waals surface area (Å²) in [4.78, 5) is 27.6. The van der Waals surface area contributed by atoms with Gasteiger partial charge >= 0.3 is 5.97 Å². The Kier molecular flexibility index (Phi) is 5.45. The molecule has 27 heavy (non-hydrogen) atoms. The minimum absolute atomic E-state index is 0.00639. The van der Waals surface area contributed by atoms with Crippen molar-refractivity contribution < 1.29 is 14.5 Å². The van der Waals surface area contributed by atoms with E-state index in [4.69, 9.17) is 9.73 Å². The molecule has 2 unspecified atom stereocenters. The first kappa shape index (κ1) is 18.5. The highest BCUT2D eigenvalue weighted by atomic mass is 16.6. The monoisotopic (exact) mass is 364 g/mol. The Labute approximate surface area is 157 Å². The zero-order chi connectivity index (χ0) is 19.4. The van der Waals surface area contributed by atoms with Crippen LogP contribution in [-0.4, -0.2) is 23.7 Å². The number of esters is 1. The Hall–Kier alpha value is -3.28. The summed E-state index contributed by atoms with van der Waals surface area (Å²) in [6.45, 7) is 3.80. The fourth-order valence-electron chi connectivity index (χ4n) is 3.41. The summed E-state index contributed by atoms with van der Waals surface area (Å²) < 4.78 is 4.97. The SMILES string of the molecule is C=CCc1ccccc1C1=NC(c2ccc([N+](=O)[O-])cc2)C(C(=O)OC)C1. The summed E-state index contributed by atoms with van der Waals surface area (Å²) >= 11 is 0. The van der Waals surface area contributed by atoms with Gasteiger partial charge in [0, 0.05) is 24.3 Å². The third-order valence-electron chi connectivity index (χ3n) is 4.73. The molecule has 0 fully saturated rings. The lowest BCUT2D eigenvalue weighted by atomic mass is 9.90. The third kappa shape index (κ3) is 3.79.